The van der Waals surface area contributed by atoms with Gasteiger partial charge in [0.25, 0.3) is 0 Å². The molecule has 1 N–H and O–H groups in total. The molecule has 0 bridgehead atoms. The Bertz CT molecular complexity index is 653. The Balaban J connectivity index is 2.65. The Morgan fingerprint density at radius 2 is 1.50 bits per heavy atom. The molecular weight excluding hydrogens is 298 g/mol. The molecule has 0 unspecified atom stereocenters. The minimum atomic E-state index is -3.21. The second-order valence-electron chi connectivity index (χ2n) is 5.65. The van der Waals surface area contributed by atoms with Crippen molar-refractivity contribution in [2.75, 3.05) is 23.9 Å². The molecule has 20 heavy (non-hydrogen) atoms. The van der Waals surface area contributed by atoms with Crippen LogP contribution in [0.3, 0.4) is 0 Å². The van der Waals surface area contributed by atoms with Crippen molar-refractivity contribution in [3.63, 3.8) is 0 Å². The van der Waals surface area contributed by atoms with E-state index in [1.807, 2.05) is 0 Å². The van der Waals surface area contributed by atoms with Crippen molar-refractivity contribution in [2.24, 2.45) is 0 Å². The molecule has 0 heterocycles. The van der Waals surface area contributed by atoms with E-state index in [-0.39, 0.29) is 17.2 Å². The third-order valence-corrected chi connectivity index (χ3v) is 6.65. The van der Waals surface area contributed by atoms with Crippen molar-refractivity contribution >= 4 is 25.4 Å². The van der Waals surface area contributed by atoms with Crippen LogP contribution in [0.4, 0.5) is 5.69 Å². The smallest absolute Gasteiger partial charge is 0.175 e. The summed E-state index contributed by atoms with van der Waals surface area (Å²) in [7, 11) is -6.36. The highest BCUT2D eigenvalue weighted by Gasteiger charge is 2.28. The summed E-state index contributed by atoms with van der Waals surface area (Å²) in [6, 6.07) is 6.24. The number of benzene rings is 1. The van der Waals surface area contributed by atoms with E-state index in [1.165, 1.54) is 12.1 Å². The van der Waals surface area contributed by atoms with Gasteiger partial charge in [-0.15, -0.1) is 0 Å². The standard InChI is InChI=1S/C13H21NO4S2/c1-13(2,3)20(17,18)10-9-14-11-5-7-12(8-6-11)19(4,15)16/h5-8,14H,9-10H2,1-4H3. The first kappa shape index (κ1) is 17.0. The first-order valence-corrected chi connectivity index (χ1v) is 9.74. The van der Waals surface area contributed by atoms with Crippen LogP contribution >= 0.6 is 0 Å². The average Bonchev–Trinajstić information content (AvgIpc) is 2.26. The summed E-state index contributed by atoms with van der Waals surface area (Å²) in [5.74, 6) is 0.0321. The molecule has 0 aromatic heterocycles. The van der Waals surface area contributed by atoms with Crippen LogP contribution in [-0.2, 0) is 19.7 Å². The minimum absolute atomic E-state index is 0.0321. The van der Waals surface area contributed by atoms with Crippen LogP contribution in [0.25, 0.3) is 0 Å². The van der Waals surface area contributed by atoms with Gasteiger partial charge in [-0.2, -0.15) is 0 Å². The van der Waals surface area contributed by atoms with Crippen LogP contribution in [-0.4, -0.2) is 40.1 Å². The number of hydrogen-bond donors (Lipinski definition) is 1. The summed E-state index contributed by atoms with van der Waals surface area (Å²) in [4.78, 5) is 0.241. The van der Waals surface area contributed by atoms with Gasteiger partial charge in [0, 0.05) is 18.5 Å². The van der Waals surface area contributed by atoms with Crippen LogP contribution < -0.4 is 5.32 Å². The van der Waals surface area contributed by atoms with Gasteiger partial charge in [0.1, 0.15) is 0 Å². The first-order valence-electron chi connectivity index (χ1n) is 6.20. The lowest BCUT2D eigenvalue weighted by molar-refractivity contribution is 0.560. The molecular formula is C13H21NO4S2. The SMILES string of the molecule is CC(C)(C)S(=O)(=O)CCNc1ccc(S(C)(=O)=O)cc1. The highest BCUT2D eigenvalue weighted by atomic mass is 32.2. The van der Waals surface area contributed by atoms with Gasteiger partial charge in [-0.1, -0.05) is 0 Å². The molecule has 7 heteroatoms. The van der Waals surface area contributed by atoms with Crippen molar-refractivity contribution in [2.45, 2.75) is 30.4 Å². The molecule has 0 radical (unpaired) electrons. The molecule has 5 nitrogen and oxygen atoms in total. The fourth-order valence-electron chi connectivity index (χ4n) is 1.46. The number of nitrogens with one attached hydrogen (secondary N) is 1. The van der Waals surface area contributed by atoms with Crippen molar-refractivity contribution in [3.05, 3.63) is 24.3 Å². The number of sulfone groups is 2. The van der Waals surface area contributed by atoms with E-state index in [0.29, 0.717) is 5.69 Å². The fourth-order valence-corrected chi connectivity index (χ4v) is 3.07. The Morgan fingerprint density at radius 3 is 1.90 bits per heavy atom. The van der Waals surface area contributed by atoms with Crippen LogP contribution in [0.15, 0.2) is 29.2 Å². The maximum Gasteiger partial charge on any atom is 0.175 e. The molecule has 114 valence electrons. The molecule has 0 spiro atoms. The van der Waals surface area contributed by atoms with Crippen molar-refractivity contribution in [3.8, 4) is 0 Å². The van der Waals surface area contributed by atoms with Gasteiger partial charge in [0.2, 0.25) is 0 Å². The second kappa shape index (κ2) is 5.73. The summed E-state index contributed by atoms with van der Waals surface area (Å²) in [6.07, 6.45) is 1.14. The Kier molecular flexibility index (Phi) is 4.86. The van der Waals surface area contributed by atoms with Crippen LogP contribution in [0.2, 0.25) is 0 Å². The van der Waals surface area contributed by atoms with Gasteiger partial charge in [-0.25, -0.2) is 16.8 Å². The molecule has 1 aromatic carbocycles. The molecule has 0 saturated heterocycles. The monoisotopic (exact) mass is 319 g/mol. The quantitative estimate of drug-likeness (QED) is 0.894. The number of hydrogen-bond acceptors (Lipinski definition) is 5. The molecule has 0 fully saturated rings. The highest BCUT2D eigenvalue weighted by Crippen LogP contribution is 2.17. The fraction of sp³-hybridized carbons (Fsp3) is 0.538. The molecule has 1 aromatic rings. The molecule has 0 saturated carbocycles. The molecule has 0 aliphatic heterocycles. The Labute approximate surface area is 121 Å². The van der Waals surface area contributed by atoms with Crippen LogP contribution in [0.1, 0.15) is 20.8 Å². The van der Waals surface area contributed by atoms with E-state index in [2.05, 4.69) is 5.32 Å². The van der Waals surface area contributed by atoms with E-state index in [9.17, 15) is 16.8 Å². The van der Waals surface area contributed by atoms with E-state index in [0.717, 1.165) is 6.26 Å². The van der Waals surface area contributed by atoms with E-state index >= 15 is 0 Å². The lowest BCUT2D eigenvalue weighted by Crippen LogP contribution is -2.32. The largest absolute Gasteiger partial charge is 0.384 e. The molecule has 1 rings (SSSR count). The van der Waals surface area contributed by atoms with Gasteiger partial charge < -0.3 is 5.32 Å². The second-order valence-corrected chi connectivity index (χ2v) is 10.5. The van der Waals surface area contributed by atoms with Gasteiger partial charge in [-0.3, -0.25) is 0 Å². The normalized spacial score (nSPS) is 13.2. The zero-order chi connectivity index (χ0) is 15.6. The van der Waals surface area contributed by atoms with Crippen molar-refractivity contribution in [1.82, 2.24) is 0 Å². The molecule has 0 atom stereocenters. The maximum absolute atomic E-state index is 11.9. The van der Waals surface area contributed by atoms with Gasteiger partial charge in [0.15, 0.2) is 19.7 Å². The van der Waals surface area contributed by atoms with Crippen molar-refractivity contribution in [1.29, 1.82) is 0 Å². The van der Waals surface area contributed by atoms with E-state index in [1.54, 1.807) is 32.9 Å². The topological polar surface area (TPSA) is 80.3 Å². The zero-order valence-corrected chi connectivity index (χ0v) is 13.8. The van der Waals surface area contributed by atoms with Gasteiger partial charge >= 0.3 is 0 Å². The third-order valence-electron chi connectivity index (χ3n) is 2.92. The van der Waals surface area contributed by atoms with Crippen LogP contribution in [0, 0.1) is 0 Å². The third kappa shape index (κ3) is 4.49. The Morgan fingerprint density at radius 1 is 1.00 bits per heavy atom. The molecule has 0 aliphatic rings. The number of anilines is 1. The highest BCUT2D eigenvalue weighted by molar-refractivity contribution is 7.92. The summed E-state index contributed by atoms with van der Waals surface area (Å²) >= 11 is 0. The Hall–Kier alpha value is -1.08. The summed E-state index contributed by atoms with van der Waals surface area (Å²) in [6.45, 7) is 5.30. The lowest BCUT2D eigenvalue weighted by Gasteiger charge is -2.19. The maximum atomic E-state index is 11.9. The number of rotatable bonds is 5. The first-order chi connectivity index (χ1) is 8.93. The predicted octanol–water partition coefficient (Wildman–Crippen LogP) is 1.72. The zero-order valence-electron chi connectivity index (χ0n) is 12.2. The van der Waals surface area contributed by atoms with Gasteiger partial charge in [0.05, 0.1) is 15.4 Å². The average molecular weight is 319 g/mol. The van der Waals surface area contributed by atoms with E-state index < -0.39 is 24.4 Å². The predicted molar refractivity (Wildman–Crippen MR) is 81.6 cm³/mol. The summed E-state index contributed by atoms with van der Waals surface area (Å²) in [5, 5.41) is 2.98. The summed E-state index contributed by atoms with van der Waals surface area (Å²) < 4.78 is 45.6. The van der Waals surface area contributed by atoms with Gasteiger partial charge in [-0.05, 0) is 45.0 Å². The lowest BCUT2D eigenvalue weighted by atomic mass is 10.3. The van der Waals surface area contributed by atoms with Crippen molar-refractivity contribution < 1.29 is 16.8 Å². The molecule has 0 amide bonds. The minimum Gasteiger partial charge on any atom is -0.384 e. The molecule has 0 aliphatic carbocycles. The summed E-state index contributed by atoms with van der Waals surface area (Å²) in [5.41, 5.74) is 0.696. The van der Waals surface area contributed by atoms with Crippen LogP contribution in [0.5, 0.6) is 0 Å². The van der Waals surface area contributed by atoms with E-state index in [4.69, 9.17) is 0 Å².